The van der Waals surface area contributed by atoms with Crippen molar-refractivity contribution in [3.63, 3.8) is 0 Å². The summed E-state index contributed by atoms with van der Waals surface area (Å²) < 4.78 is 0. The lowest BCUT2D eigenvalue weighted by Gasteiger charge is -2.42. The average Bonchev–Trinajstić information content (AvgIpc) is 2.45. The summed E-state index contributed by atoms with van der Waals surface area (Å²) in [5.74, 6) is -1.26. The molecule has 2 rings (SSSR count). The first kappa shape index (κ1) is 15.5. The molecule has 1 aliphatic rings. The molecule has 0 unspecified atom stereocenters. The first-order valence-corrected chi connectivity index (χ1v) is 7.17. The van der Waals surface area contributed by atoms with Crippen molar-refractivity contribution >= 4 is 11.9 Å². The lowest BCUT2D eigenvalue weighted by atomic mass is 10.0. The first-order valence-electron chi connectivity index (χ1n) is 7.17. The van der Waals surface area contributed by atoms with Gasteiger partial charge in [0.05, 0.1) is 11.1 Å². The van der Waals surface area contributed by atoms with Gasteiger partial charge in [0.1, 0.15) is 0 Å². The van der Waals surface area contributed by atoms with Gasteiger partial charge in [-0.15, -0.1) is 0 Å². The maximum absolute atomic E-state index is 12.5. The summed E-state index contributed by atoms with van der Waals surface area (Å²) in [6.07, 6.45) is 0. The minimum Gasteiger partial charge on any atom is -0.478 e. The van der Waals surface area contributed by atoms with Crippen LogP contribution in [-0.4, -0.2) is 58.5 Å². The molecule has 1 aromatic carbocycles. The highest BCUT2D eigenvalue weighted by molar-refractivity contribution is 6.04. The van der Waals surface area contributed by atoms with Crippen LogP contribution in [0.15, 0.2) is 24.3 Å². The molecule has 5 nitrogen and oxygen atoms in total. The van der Waals surface area contributed by atoms with Crippen molar-refractivity contribution in [2.45, 2.75) is 26.3 Å². The lowest BCUT2D eigenvalue weighted by molar-refractivity contribution is 0.0446. The standard InChI is InChI=1S/C16H22N2O3/c1-16(2,3)18-10-8-17(9-11-18)14(19)12-6-4-5-7-13(12)15(20)21/h4-7H,8-11H2,1-3H3,(H,20,21). The summed E-state index contributed by atoms with van der Waals surface area (Å²) in [7, 11) is 0. The number of amides is 1. The topological polar surface area (TPSA) is 60.9 Å². The highest BCUT2D eigenvalue weighted by Crippen LogP contribution is 2.18. The van der Waals surface area contributed by atoms with E-state index < -0.39 is 5.97 Å². The molecule has 0 atom stereocenters. The normalized spacial score (nSPS) is 16.8. The van der Waals surface area contributed by atoms with Crippen molar-refractivity contribution in [3.05, 3.63) is 35.4 Å². The van der Waals surface area contributed by atoms with Crippen molar-refractivity contribution in [2.24, 2.45) is 0 Å². The molecule has 21 heavy (non-hydrogen) atoms. The van der Waals surface area contributed by atoms with Crippen molar-refractivity contribution in [1.29, 1.82) is 0 Å². The van der Waals surface area contributed by atoms with Gasteiger partial charge in [-0.3, -0.25) is 9.69 Å². The molecular weight excluding hydrogens is 268 g/mol. The van der Waals surface area contributed by atoms with Crippen LogP contribution in [0.25, 0.3) is 0 Å². The van der Waals surface area contributed by atoms with Gasteiger partial charge in [0.2, 0.25) is 0 Å². The molecule has 5 heteroatoms. The van der Waals surface area contributed by atoms with Crippen molar-refractivity contribution in [1.82, 2.24) is 9.80 Å². The zero-order valence-corrected chi connectivity index (χ0v) is 12.8. The Morgan fingerprint density at radius 2 is 1.52 bits per heavy atom. The molecule has 0 saturated carbocycles. The number of piperazine rings is 1. The van der Waals surface area contributed by atoms with E-state index in [2.05, 4.69) is 25.7 Å². The number of aromatic carboxylic acids is 1. The first-order chi connectivity index (χ1) is 9.80. The molecule has 1 N–H and O–H groups in total. The van der Waals surface area contributed by atoms with Gasteiger partial charge >= 0.3 is 5.97 Å². The summed E-state index contributed by atoms with van der Waals surface area (Å²) in [6.45, 7) is 9.35. The molecule has 1 fully saturated rings. The third-order valence-corrected chi connectivity index (χ3v) is 3.90. The molecule has 0 spiro atoms. The number of rotatable bonds is 2. The molecule has 1 saturated heterocycles. The number of nitrogens with zero attached hydrogens (tertiary/aromatic N) is 2. The lowest BCUT2D eigenvalue weighted by Crippen LogP contribution is -2.54. The quantitative estimate of drug-likeness (QED) is 0.904. The number of carbonyl (C=O) groups is 2. The smallest absolute Gasteiger partial charge is 0.336 e. The van der Waals surface area contributed by atoms with Crippen LogP contribution in [0.4, 0.5) is 0 Å². The zero-order chi connectivity index (χ0) is 15.6. The fourth-order valence-electron chi connectivity index (χ4n) is 2.61. The van der Waals surface area contributed by atoms with Gasteiger partial charge in [-0.05, 0) is 32.9 Å². The predicted octanol–water partition coefficient (Wildman–Crippen LogP) is 1.94. The van der Waals surface area contributed by atoms with Gasteiger partial charge < -0.3 is 10.0 Å². The Kier molecular flexibility index (Phi) is 4.32. The molecule has 1 aromatic rings. The van der Waals surface area contributed by atoms with Gasteiger partial charge in [-0.2, -0.15) is 0 Å². The summed E-state index contributed by atoms with van der Waals surface area (Å²) >= 11 is 0. The number of hydrogen-bond acceptors (Lipinski definition) is 3. The molecule has 114 valence electrons. The van der Waals surface area contributed by atoms with Crippen LogP contribution in [0.3, 0.4) is 0 Å². The summed E-state index contributed by atoms with van der Waals surface area (Å²) in [6, 6.07) is 6.39. The van der Waals surface area contributed by atoms with Crippen LogP contribution in [0.2, 0.25) is 0 Å². The van der Waals surface area contributed by atoms with E-state index in [-0.39, 0.29) is 22.6 Å². The second-order valence-corrected chi connectivity index (χ2v) is 6.30. The monoisotopic (exact) mass is 290 g/mol. The van der Waals surface area contributed by atoms with Crippen LogP contribution >= 0.6 is 0 Å². The Hall–Kier alpha value is -1.88. The minimum atomic E-state index is -1.06. The van der Waals surface area contributed by atoms with E-state index in [0.29, 0.717) is 13.1 Å². The number of carboxylic acid groups (broad SMARTS) is 1. The van der Waals surface area contributed by atoms with Crippen LogP contribution in [0.1, 0.15) is 41.5 Å². The third kappa shape index (κ3) is 3.42. The fraction of sp³-hybridized carbons (Fsp3) is 0.500. The van der Waals surface area contributed by atoms with Crippen molar-refractivity contribution in [3.8, 4) is 0 Å². The van der Waals surface area contributed by atoms with E-state index in [1.165, 1.54) is 6.07 Å². The highest BCUT2D eigenvalue weighted by atomic mass is 16.4. The maximum Gasteiger partial charge on any atom is 0.336 e. The van der Waals surface area contributed by atoms with Crippen LogP contribution < -0.4 is 0 Å². The Balaban J connectivity index is 2.11. The molecule has 0 radical (unpaired) electrons. The molecular formula is C16H22N2O3. The van der Waals surface area contributed by atoms with Gasteiger partial charge in [-0.25, -0.2) is 4.79 Å². The third-order valence-electron chi connectivity index (χ3n) is 3.90. The summed E-state index contributed by atoms with van der Waals surface area (Å²) in [5.41, 5.74) is 0.434. The fourth-order valence-corrected chi connectivity index (χ4v) is 2.61. The molecule has 1 heterocycles. The van der Waals surface area contributed by atoms with E-state index in [9.17, 15) is 14.7 Å². The largest absolute Gasteiger partial charge is 0.478 e. The molecule has 0 aromatic heterocycles. The Morgan fingerprint density at radius 1 is 1.00 bits per heavy atom. The van der Waals surface area contributed by atoms with E-state index in [1.807, 2.05) is 0 Å². The van der Waals surface area contributed by atoms with E-state index in [0.717, 1.165) is 13.1 Å². The van der Waals surface area contributed by atoms with Gasteiger partial charge in [0.15, 0.2) is 0 Å². The summed E-state index contributed by atoms with van der Waals surface area (Å²) in [4.78, 5) is 27.8. The molecule has 0 bridgehead atoms. The van der Waals surface area contributed by atoms with Crippen molar-refractivity contribution in [2.75, 3.05) is 26.2 Å². The number of hydrogen-bond donors (Lipinski definition) is 1. The Bertz CT molecular complexity index is 541. The number of benzene rings is 1. The number of carboxylic acids is 1. The SMILES string of the molecule is CC(C)(C)N1CCN(C(=O)c2ccccc2C(=O)O)CC1. The molecule has 1 amide bonds. The maximum atomic E-state index is 12.5. The predicted molar refractivity (Wildman–Crippen MR) is 80.6 cm³/mol. The van der Waals surface area contributed by atoms with Gasteiger partial charge in [0, 0.05) is 31.7 Å². The minimum absolute atomic E-state index is 0.0701. The average molecular weight is 290 g/mol. The number of carbonyl (C=O) groups excluding carboxylic acids is 1. The van der Waals surface area contributed by atoms with E-state index in [4.69, 9.17) is 0 Å². The van der Waals surface area contributed by atoms with E-state index >= 15 is 0 Å². The summed E-state index contributed by atoms with van der Waals surface area (Å²) in [5, 5.41) is 9.18. The second kappa shape index (κ2) is 5.85. The van der Waals surface area contributed by atoms with Gasteiger partial charge in [0.25, 0.3) is 5.91 Å². The van der Waals surface area contributed by atoms with Gasteiger partial charge in [-0.1, -0.05) is 12.1 Å². The van der Waals surface area contributed by atoms with E-state index in [1.54, 1.807) is 23.1 Å². The van der Waals surface area contributed by atoms with Crippen LogP contribution in [-0.2, 0) is 0 Å². The highest BCUT2D eigenvalue weighted by Gasteiger charge is 2.29. The Labute approximate surface area is 125 Å². The molecule has 1 aliphatic heterocycles. The van der Waals surface area contributed by atoms with Crippen LogP contribution in [0, 0.1) is 0 Å². The Morgan fingerprint density at radius 3 is 2.00 bits per heavy atom. The second-order valence-electron chi connectivity index (χ2n) is 6.30. The van der Waals surface area contributed by atoms with Crippen molar-refractivity contribution < 1.29 is 14.7 Å². The molecule has 0 aliphatic carbocycles. The zero-order valence-electron chi connectivity index (χ0n) is 12.8. The van der Waals surface area contributed by atoms with Crippen LogP contribution in [0.5, 0.6) is 0 Å².